The Balaban J connectivity index is 2.29. The molecule has 0 aromatic carbocycles. The van der Waals surface area contributed by atoms with Crippen LogP contribution in [0.2, 0.25) is 0 Å². The van der Waals surface area contributed by atoms with Gasteiger partial charge in [0, 0.05) is 25.5 Å². The van der Waals surface area contributed by atoms with Gasteiger partial charge in [-0.3, -0.25) is 13.8 Å². The van der Waals surface area contributed by atoms with Crippen molar-refractivity contribution in [2.24, 2.45) is 7.05 Å². The van der Waals surface area contributed by atoms with Gasteiger partial charge >= 0.3 is 5.69 Å². The fourth-order valence-corrected chi connectivity index (χ4v) is 2.01. The molecule has 98 valence electrons. The van der Waals surface area contributed by atoms with Crippen LogP contribution in [0.4, 0.5) is 0 Å². The first kappa shape index (κ1) is 12.7. The fourth-order valence-electron chi connectivity index (χ4n) is 2.01. The molecule has 0 N–H and O–H groups in total. The molecule has 0 radical (unpaired) electrons. The Morgan fingerprint density at radius 3 is 2.56 bits per heavy atom. The van der Waals surface area contributed by atoms with Gasteiger partial charge in [0.25, 0.3) is 0 Å². The Morgan fingerprint density at radius 2 is 2.06 bits per heavy atom. The fraction of sp³-hybridized carbons (Fsp3) is 0.538. The van der Waals surface area contributed by atoms with E-state index in [9.17, 15) is 4.79 Å². The summed E-state index contributed by atoms with van der Waals surface area (Å²) in [6.07, 6.45) is 4.58. The minimum Gasteiger partial charge on any atom is -0.297 e. The van der Waals surface area contributed by atoms with Crippen molar-refractivity contribution < 1.29 is 0 Å². The van der Waals surface area contributed by atoms with E-state index in [0.717, 1.165) is 17.8 Å². The number of aryl methyl sites for hydroxylation is 2. The second-order valence-corrected chi connectivity index (χ2v) is 4.81. The summed E-state index contributed by atoms with van der Waals surface area (Å²) in [5.41, 5.74) is 2.14. The highest BCUT2D eigenvalue weighted by atomic mass is 16.1. The number of rotatable bonds is 4. The van der Waals surface area contributed by atoms with E-state index in [1.807, 2.05) is 38.0 Å². The van der Waals surface area contributed by atoms with Gasteiger partial charge in [0.2, 0.25) is 0 Å². The number of nitrogens with zero attached hydrogens (tertiary/aromatic N) is 4. The van der Waals surface area contributed by atoms with Gasteiger partial charge in [-0.05, 0) is 26.3 Å². The van der Waals surface area contributed by atoms with Crippen LogP contribution >= 0.6 is 0 Å². The minimum absolute atomic E-state index is 0.0317. The van der Waals surface area contributed by atoms with Crippen molar-refractivity contribution in [3.8, 4) is 0 Å². The molecule has 0 amide bonds. The molecular weight excluding hydrogens is 228 g/mol. The maximum absolute atomic E-state index is 12.1. The first-order valence-corrected chi connectivity index (χ1v) is 6.32. The van der Waals surface area contributed by atoms with Crippen molar-refractivity contribution in [3.63, 3.8) is 0 Å². The molecule has 0 fully saturated rings. The predicted molar refractivity (Wildman–Crippen MR) is 70.8 cm³/mol. The molecule has 0 aliphatic heterocycles. The lowest BCUT2D eigenvalue weighted by Crippen LogP contribution is -2.26. The zero-order valence-electron chi connectivity index (χ0n) is 11.4. The van der Waals surface area contributed by atoms with Crippen LogP contribution in [0.15, 0.2) is 23.3 Å². The van der Waals surface area contributed by atoms with Crippen LogP contribution in [0.25, 0.3) is 0 Å². The maximum Gasteiger partial charge on any atom is 0.328 e. The van der Waals surface area contributed by atoms with E-state index >= 15 is 0 Å². The smallest absolute Gasteiger partial charge is 0.297 e. The Labute approximate surface area is 107 Å². The van der Waals surface area contributed by atoms with Crippen LogP contribution < -0.4 is 5.69 Å². The van der Waals surface area contributed by atoms with Gasteiger partial charge in [-0.1, -0.05) is 6.92 Å². The van der Waals surface area contributed by atoms with Crippen molar-refractivity contribution in [1.29, 1.82) is 0 Å². The third kappa shape index (κ3) is 2.25. The summed E-state index contributed by atoms with van der Waals surface area (Å²) in [6, 6.07) is 2.25. The zero-order chi connectivity index (χ0) is 13.3. The molecule has 2 aromatic rings. The summed E-state index contributed by atoms with van der Waals surface area (Å²) in [4.78, 5) is 12.1. The van der Waals surface area contributed by atoms with E-state index in [1.54, 1.807) is 9.13 Å². The van der Waals surface area contributed by atoms with Gasteiger partial charge in [-0.15, -0.1) is 0 Å². The molecule has 2 heterocycles. The summed E-state index contributed by atoms with van der Waals surface area (Å²) in [5.74, 6) is 0. The minimum atomic E-state index is 0.0317. The van der Waals surface area contributed by atoms with E-state index in [0.29, 0.717) is 6.54 Å². The van der Waals surface area contributed by atoms with Gasteiger partial charge in [0.1, 0.15) is 0 Å². The monoisotopic (exact) mass is 248 g/mol. The Morgan fingerprint density at radius 1 is 1.33 bits per heavy atom. The van der Waals surface area contributed by atoms with Gasteiger partial charge in [0.05, 0.1) is 17.9 Å². The van der Waals surface area contributed by atoms with Crippen molar-refractivity contribution in [3.05, 3.63) is 40.3 Å². The number of hydrogen-bond acceptors (Lipinski definition) is 2. The molecule has 0 saturated carbocycles. The standard InChI is InChI=1S/C13H20N4O/c1-5-11-8-12(15(4)14-11)9-16-6-7-17(10(2)3)13(16)18/h6-8,10H,5,9H2,1-4H3. The van der Waals surface area contributed by atoms with Crippen LogP contribution in [0.5, 0.6) is 0 Å². The largest absolute Gasteiger partial charge is 0.328 e. The van der Waals surface area contributed by atoms with E-state index < -0.39 is 0 Å². The highest BCUT2D eigenvalue weighted by Gasteiger charge is 2.09. The molecule has 18 heavy (non-hydrogen) atoms. The van der Waals surface area contributed by atoms with Gasteiger partial charge in [-0.25, -0.2) is 4.79 Å². The normalized spacial score (nSPS) is 11.4. The second kappa shape index (κ2) is 4.84. The molecule has 2 rings (SSSR count). The number of imidazole rings is 1. The molecule has 2 aromatic heterocycles. The summed E-state index contributed by atoms with van der Waals surface area (Å²) >= 11 is 0. The Bertz CT molecular complexity index is 588. The van der Waals surface area contributed by atoms with Crippen LogP contribution in [0.1, 0.15) is 38.2 Å². The van der Waals surface area contributed by atoms with Gasteiger partial charge in [-0.2, -0.15) is 5.10 Å². The summed E-state index contributed by atoms with van der Waals surface area (Å²) < 4.78 is 5.30. The summed E-state index contributed by atoms with van der Waals surface area (Å²) in [7, 11) is 1.92. The van der Waals surface area contributed by atoms with Gasteiger partial charge < -0.3 is 0 Å². The molecule has 0 aliphatic carbocycles. The Hall–Kier alpha value is -1.78. The molecule has 0 aliphatic rings. The average Bonchev–Trinajstić information content (AvgIpc) is 2.85. The van der Waals surface area contributed by atoms with Crippen LogP contribution in [-0.2, 0) is 20.0 Å². The Kier molecular flexibility index (Phi) is 3.41. The first-order valence-electron chi connectivity index (χ1n) is 6.32. The third-order valence-corrected chi connectivity index (χ3v) is 3.15. The lowest BCUT2D eigenvalue weighted by molar-refractivity contribution is 0.555. The molecule has 0 saturated heterocycles. The number of aromatic nitrogens is 4. The molecule has 5 heteroatoms. The molecule has 5 nitrogen and oxygen atoms in total. The van der Waals surface area contributed by atoms with Crippen molar-refractivity contribution in [2.45, 2.75) is 39.8 Å². The van der Waals surface area contributed by atoms with Crippen LogP contribution in [-0.4, -0.2) is 18.9 Å². The second-order valence-electron chi connectivity index (χ2n) is 4.81. The van der Waals surface area contributed by atoms with Gasteiger partial charge in [0.15, 0.2) is 0 Å². The van der Waals surface area contributed by atoms with Crippen molar-refractivity contribution >= 4 is 0 Å². The third-order valence-electron chi connectivity index (χ3n) is 3.15. The zero-order valence-corrected chi connectivity index (χ0v) is 11.4. The van der Waals surface area contributed by atoms with Crippen LogP contribution in [0, 0.1) is 0 Å². The van der Waals surface area contributed by atoms with E-state index in [2.05, 4.69) is 18.1 Å². The molecule has 0 bridgehead atoms. The maximum atomic E-state index is 12.1. The molecule has 0 spiro atoms. The quantitative estimate of drug-likeness (QED) is 0.824. The highest BCUT2D eigenvalue weighted by molar-refractivity contribution is 5.10. The lowest BCUT2D eigenvalue weighted by atomic mass is 10.3. The van der Waals surface area contributed by atoms with Crippen LogP contribution in [0.3, 0.4) is 0 Å². The first-order chi connectivity index (χ1) is 8.52. The topological polar surface area (TPSA) is 44.8 Å². The summed E-state index contributed by atoms with van der Waals surface area (Å²) in [6.45, 7) is 6.66. The molecule has 0 atom stereocenters. The highest BCUT2D eigenvalue weighted by Crippen LogP contribution is 2.06. The number of hydrogen-bond donors (Lipinski definition) is 0. The van der Waals surface area contributed by atoms with Crippen molar-refractivity contribution in [2.75, 3.05) is 0 Å². The van der Waals surface area contributed by atoms with E-state index in [-0.39, 0.29) is 11.7 Å². The predicted octanol–water partition coefficient (Wildman–Crippen LogP) is 1.57. The SMILES string of the molecule is CCc1cc(Cn2ccn(C(C)C)c2=O)n(C)n1. The van der Waals surface area contributed by atoms with Crippen molar-refractivity contribution in [1.82, 2.24) is 18.9 Å². The summed E-state index contributed by atoms with van der Waals surface area (Å²) in [5, 5.41) is 4.39. The average molecular weight is 248 g/mol. The lowest BCUT2D eigenvalue weighted by Gasteiger charge is -2.05. The van der Waals surface area contributed by atoms with E-state index in [4.69, 9.17) is 0 Å². The molecule has 0 unspecified atom stereocenters. The molecular formula is C13H20N4O. The van der Waals surface area contributed by atoms with E-state index in [1.165, 1.54) is 0 Å².